The van der Waals surface area contributed by atoms with Gasteiger partial charge >= 0.3 is 5.97 Å². The predicted molar refractivity (Wildman–Crippen MR) is 81.1 cm³/mol. The van der Waals surface area contributed by atoms with E-state index >= 15 is 0 Å². The summed E-state index contributed by atoms with van der Waals surface area (Å²) >= 11 is 0. The van der Waals surface area contributed by atoms with Crippen molar-refractivity contribution in [2.24, 2.45) is 11.1 Å². The first-order valence-corrected chi connectivity index (χ1v) is 7.41. The molecule has 6 nitrogen and oxygen atoms in total. The van der Waals surface area contributed by atoms with Crippen molar-refractivity contribution in [2.45, 2.75) is 39.7 Å². The van der Waals surface area contributed by atoms with Crippen LogP contribution in [0.5, 0.6) is 0 Å². The number of rotatable bonds is 12. The van der Waals surface area contributed by atoms with E-state index in [1.165, 1.54) is 0 Å². The zero-order valence-electron chi connectivity index (χ0n) is 13.9. The minimum Gasteiger partial charge on any atom is -0.463 e. The van der Waals surface area contributed by atoms with Gasteiger partial charge in [0.2, 0.25) is 0 Å². The van der Waals surface area contributed by atoms with E-state index in [4.69, 9.17) is 24.7 Å². The van der Waals surface area contributed by atoms with E-state index in [-0.39, 0.29) is 30.5 Å². The van der Waals surface area contributed by atoms with Gasteiger partial charge in [0.05, 0.1) is 39.5 Å². The van der Waals surface area contributed by atoms with Crippen LogP contribution in [0.25, 0.3) is 0 Å². The molecule has 0 bridgehead atoms. The Hall–Kier alpha value is -0.690. The van der Waals surface area contributed by atoms with Gasteiger partial charge in [-0.05, 0) is 11.8 Å². The number of carbonyl (C=O) groups is 1. The van der Waals surface area contributed by atoms with Crippen molar-refractivity contribution in [1.29, 1.82) is 0 Å². The second-order valence-electron chi connectivity index (χ2n) is 6.17. The van der Waals surface area contributed by atoms with Crippen LogP contribution in [0.3, 0.4) is 0 Å². The van der Waals surface area contributed by atoms with Gasteiger partial charge in [-0.2, -0.15) is 0 Å². The highest BCUT2D eigenvalue weighted by molar-refractivity contribution is 5.70. The molecule has 0 rings (SSSR count). The summed E-state index contributed by atoms with van der Waals surface area (Å²) in [5.74, 6) is -0.272. The third-order valence-corrected chi connectivity index (χ3v) is 2.60. The Labute approximate surface area is 128 Å². The van der Waals surface area contributed by atoms with Crippen LogP contribution in [0.2, 0.25) is 0 Å². The van der Waals surface area contributed by atoms with Crippen LogP contribution in [0, 0.1) is 5.41 Å². The van der Waals surface area contributed by atoms with Crippen molar-refractivity contribution in [3.8, 4) is 0 Å². The lowest BCUT2D eigenvalue weighted by Gasteiger charge is -2.22. The van der Waals surface area contributed by atoms with Crippen LogP contribution in [0.1, 0.15) is 33.6 Å². The Bertz CT molecular complexity index is 265. The Kier molecular flexibility index (Phi) is 11.5. The molecule has 0 aliphatic carbocycles. The summed E-state index contributed by atoms with van der Waals surface area (Å²) in [5.41, 5.74) is 6.03. The van der Waals surface area contributed by atoms with Gasteiger partial charge in [-0.1, -0.05) is 20.8 Å². The van der Waals surface area contributed by atoms with E-state index in [0.29, 0.717) is 33.0 Å². The van der Waals surface area contributed by atoms with E-state index in [1.807, 2.05) is 0 Å². The third-order valence-electron chi connectivity index (χ3n) is 2.60. The van der Waals surface area contributed by atoms with E-state index in [2.05, 4.69) is 20.8 Å². The maximum atomic E-state index is 11.6. The van der Waals surface area contributed by atoms with E-state index in [1.54, 1.807) is 7.11 Å². The first kappa shape index (κ1) is 20.3. The van der Waals surface area contributed by atoms with E-state index < -0.39 is 0 Å². The standard InChI is InChI=1S/C15H31NO5/c1-15(2,3)12-13(16)11-14(17)21-10-9-20-8-7-19-6-5-18-4/h13H,5-12,16H2,1-4H3. The summed E-state index contributed by atoms with van der Waals surface area (Å²) < 4.78 is 20.4. The lowest BCUT2D eigenvalue weighted by Crippen LogP contribution is -2.30. The smallest absolute Gasteiger partial charge is 0.307 e. The van der Waals surface area contributed by atoms with Crippen molar-refractivity contribution in [3.63, 3.8) is 0 Å². The fourth-order valence-corrected chi connectivity index (χ4v) is 1.81. The number of hydrogen-bond donors (Lipinski definition) is 1. The molecule has 0 saturated heterocycles. The topological polar surface area (TPSA) is 80.0 Å². The molecule has 1 unspecified atom stereocenters. The van der Waals surface area contributed by atoms with Gasteiger partial charge < -0.3 is 24.7 Å². The second kappa shape index (κ2) is 11.9. The predicted octanol–water partition coefficient (Wildman–Crippen LogP) is 1.36. The molecule has 0 aromatic rings. The molecular weight excluding hydrogens is 274 g/mol. The quantitative estimate of drug-likeness (QED) is 0.433. The fraction of sp³-hybridized carbons (Fsp3) is 0.933. The van der Waals surface area contributed by atoms with Crippen molar-refractivity contribution in [2.75, 3.05) is 46.8 Å². The average molecular weight is 305 g/mol. The fourth-order valence-electron chi connectivity index (χ4n) is 1.81. The molecule has 0 amide bonds. The molecule has 0 radical (unpaired) electrons. The molecule has 21 heavy (non-hydrogen) atoms. The third kappa shape index (κ3) is 15.5. The molecule has 126 valence electrons. The molecule has 0 aliphatic rings. The van der Waals surface area contributed by atoms with Gasteiger partial charge in [-0.3, -0.25) is 4.79 Å². The lowest BCUT2D eigenvalue weighted by molar-refractivity contribution is -0.145. The molecular formula is C15H31NO5. The number of ether oxygens (including phenoxy) is 4. The Morgan fingerprint density at radius 2 is 1.52 bits per heavy atom. The molecule has 6 heteroatoms. The molecule has 0 spiro atoms. The number of carbonyl (C=O) groups excluding carboxylic acids is 1. The zero-order chi connectivity index (χ0) is 16.1. The van der Waals surface area contributed by atoms with Crippen molar-refractivity contribution < 1.29 is 23.7 Å². The minimum absolute atomic E-state index is 0.117. The highest BCUT2D eigenvalue weighted by atomic mass is 16.6. The van der Waals surface area contributed by atoms with Crippen LogP contribution in [0.4, 0.5) is 0 Å². The monoisotopic (exact) mass is 305 g/mol. The number of hydrogen-bond acceptors (Lipinski definition) is 6. The maximum Gasteiger partial charge on any atom is 0.307 e. The van der Waals surface area contributed by atoms with Crippen LogP contribution < -0.4 is 5.73 Å². The number of esters is 1. The van der Waals surface area contributed by atoms with Crippen molar-refractivity contribution in [1.82, 2.24) is 0 Å². The van der Waals surface area contributed by atoms with Gasteiger partial charge in [0, 0.05) is 13.2 Å². The number of nitrogens with two attached hydrogens (primary N) is 1. The van der Waals surface area contributed by atoms with Gasteiger partial charge in [0.15, 0.2) is 0 Å². The summed E-state index contributed by atoms with van der Waals surface area (Å²) in [7, 11) is 1.63. The van der Waals surface area contributed by atoms with Gasteiger partial charge in [0.1, 0.15) is 6.61 Å². The molecule has 1 atom stereocenters. The second-order valence-corrected chi connectivity index (χ2v) is 6.17. The summed E-state index contributed by atoms with van der Waals surface area (Å²) in [6.45, 7) is 9.03. The molecule has 0 aliphatic heterocycles. The SMILES string of the molecule is COCCOCCOCCOC(=O)CC(N)CC(C)(C)C. The highest BCUT2D eigenvalue weighted by Crippen LogP contribution is 2.21. The zero-order valence-corrected chi connectivity index (χ0v) is 13.9. The van der Waals surface area contributed by atoms with E-state index in [0.717, 1.165) is 6.42 Å². The summed E-state index contributed by atoms with van der Waals surface area (Å²) in [6.07, 6.45) is 1.04. The summed E-state index contributed by atoms with van der Waals surface area (Å²) in [6, 6.07) is -0.160. The van der Waals surface area contributed by atoms with E-state index in [9.17, 15) is 4.79 Å². The lowest BCUT2D eigenvalue weighted by atomic mass is 9.87. The summed E-state index contributed by atoms with van der Waals surface area (Å²) in [5, 5.41) is 0. The van der Waals surface area contributed by atoms with Crippen molar-refractivity contribution >= 4 is 5.97 Å². The van der Waals surface area contributed by atoms with Crippen LogP contribution in [0.15, 0.2) is 0 Å². The van der Waals surface area contributed by atoms with Crippen molar-refractivity contribution in [3.05, 3.63) is 0 Å². The largest absolute Gasteiger partial charge is 0.463 e. The van der Waals surface area contributed by atoms with Crippen LogP contribution in [-0.2, 0) is 23.7 Å². The first-order chi connectivity index (χ1) is 9.85. The van der Waals surface area contributed by atoms with Gasteiger partial charge in [-0.25, -0.2) is 0 Å². The molecule has 0 fully saturated rings. The molecule has 2 N–H and O–H groups in total. The Balaban J connectivity index is 3.42. The molecule has 0 heterocycles. The maximum absolute atomic E-state index is 11.6. The van der Waals surface area contributed by atoms with Crippen LogP contribution in [-0.4, -0.2) is 58.8 Å². The average Bonchev–Trinajstić information content (AvgIpc) is 2.34. The van der Waals surface area contributed by atoms with Gasteiger partial charge in [-0.15, -0.1) is 0 Å². The Morgan fingerprint density at radius 1 is 1.00 bits per heavy atom. The van der Waals surface area contributed by atoms with Gasteiger partial charge in [0.25, 0.3) is 0 Å². The number of methoxy groups -OCH3 is 1. The molecule has 0 aromatic carbocycles. The summed E-state index contributed by atoms with van der Waals surface area (Å²) in [4.78, 5) is 11.6. The molecule has 0 saturated carbocycles. The molecule has 0 aromatic heterocycles. The first-order valence-electron chi connectivity index (χ1n) is 7.41. The normalized spacial score (nSPS) is 13.2. The van der Waals surface area contributed by atoms with Crippen LogP contribution >= 0.6 is 0 Å². The Morgan fingerprint density at radius 3 is 2.05 bits per heavy atom. The highest BCUT2D eigenvalue weighted by Gasteiger charge is 2.18. The minimum atomic E-state index is -0.272.